The highest BCUT2D eigenvalue weighted by Gasteiger charge is 2.53. The third kappa shape index (κ3) is 4.22. The van der Waals surface area contributed by atoms with Crippen molar-refractivity contribution in [2.75, 3.05) is 4.90 Å². The van der Waals surface area contributed by atoms with Gasteiger partial charge >= 0.3 is 0 Å². The zero-order chi connectivity index (χ0) is 36.8. The van der Waals surface area contributed by atoms with Crippen LogP contribution in [0.3, 0.4) is 0 Å². The maximum absolute atomic E-state index is 7.35. The number of rotatable bonds is 4. The summed E-state index contributed by atoms with van der Waals surface area (Å²) in [5.74, 6) is 2.81. The lowest BCUT2D eigenvalue weighted by Gasteiger charge is -2.32. The molecule has 0 saturated heterocycles. The molecule has 2 aliphatic carbocycles. The van der Waals surface area contributed by atoms with E-state index in [1.807, 2.05) is 6.07 Å². The number of para-hydroxylation sites is 1. The maximum Gasteiger partial charge on any atom is 0.194 e. The molecule has 3 heteroatoms. The summed E-state index contributed by atoms with van der Waals surface area (Å²) >= 11 is 0. The van der Waals surface area contributed by atoms with Crippen molar-refractivity contribution in [3.63, 3.8) is 0 Å². The van der Waals surface area contributed by atoms with E-state index in [2.05, 4.69) is 199 Å². The summed E-state index contributed by atoms with van der Waals surface area (Å²) in [6.07, 6.45) is 0. The van der Waals surface area contributed by atoms with Crippen LogP contribution >= 0.6 is 0 Å². The smallest absolute Gasteiger partial charge is 0.194 e. The molecule has 12 rings (SSSR count). The standard InChI is InChI=1S/C53H33NO2/c1-2-14-34(15-3-1)35-28-30-37(31-29-35)54(46-25-12-17-36-16-4-5-18-38(36)46)47-26-13-27-48-51(47)56-52-49(55-48)33-32-45-50(52)41-21-8-11-24-44(41)53(45)42-22-9-6-19-39(42)40-20-7-10-23-43(40)53/h1-33H. The van der Waals surface area contributed by atoms with Crippen molar-refractivity contribution in [1.82, 2.24) is 0 Å². The first-order chi connectivity index (χ1) is 27.8. The molecular weight excluding hydrogens is 683 g/mol. The summed E-state index contributed by atoms with van der Waals surface area (Å²) in [4.78, 5) is 2.31. The summed E-state index contributed by atoms with van der Waals surface area (Å²) in [6.45, 7) is 0. The van der Waals surface area contributed by atoms with E-state index in [4.69, 9.17) is 9.47 Å². The molecule has 9 aromatic carbocycles. The summed E-state index contributed by atoms with van der Waals surface area (Å²) in [6, 6.07) is 71.6. The predicted molar refractivity (Wildman–Crippen MR) is 227 cm³/mol. The molecule has 0 atom stereocenters. The molecule has 0 saturated carbocycles. The van der Waals surface area contributed by atoms with Crippen LogP contribution in [-0.4, -0.2) is 0 Å². The first-order valence-electron chi connectivity index (χ1n) is 19.2. The van der Waals surface area contributed by atoms with Crippen molar-refractivity contribution in [3.8, 4) is 56.4 Å². The van der Waals surface area contributed by atoms with Crippen molar-refractivity contribution in [3.05, 3.63) is 222 Å². The topological polar surface area (TPSA) is 21.7 Å². The van der Waals surface area contributed by atoms with Crippen molar-refractivity contribution in [2.24, 2.45) is 0 Å². The van der Waals surface area contributed by atoms with Crippen LogP contribution in [0, 0.1) is 0 Å². The number of benzene rings is 9. The molecule has 56 heavy (non-hydrogen) atoms. The van der Waals surface area contributed by atoms with Gasteiger partial charge in [-0.25, -0.2) is 0 Å². The van der Waals surface area contributed by atoms with Crippen LogP contribution in [0.4, 0.5) is 17.1 Å². The fourth-order valence-electron chi connectivity index (χ4n) is 9.64. The second kappa shape index (κ2) is 11.8. The molecule has 0 unspecified atom stereocenters. The van der Waals surface area contributed by atoms with Gasteiger partial charge in [0.05, 0.1) is 16.8 Å². The Kier molecular flexibility index (Phi) is 6.55. The molecule has 0 amide bonds. The SMILES string of the molecule is c1ccc(-c2ccc(N(c3cccc4c3Oc3c(ccc5c3-c3ccccc3C53c5ccccc5-c5ccccc53)O4)c3cccc4ccccc34)cc2)cc1. The quantitative estimate of drug-likeness (QED) is 0.181. The third-order valence-corrected chi connectivity index (χ3v) is 11.9. The predicted octanol–water partition coefficient (Wildman–Crippen LogP) is 14.2. The average molecular weight is 716 g/mol. The lowest BCUT2D eigenvalue weighted by atomic mass is 9.70. The van der Waals surface area contributed by atoms with Gasteiger partial charge in [-0.15, -0.1) is 0 Å². The molecular formula is C53H33NO2. The number of hydrogen-bond acceptors (Lipinski definition) is 3. The number of ether oxygens (including phenoxy) is 2. The van der Waals surface area contributed by atoms with Crippen LogP contribution in [0.15, 0.2) is 200 Å². The minimum Gasteiger partial charge on any atom is -0.449 e. The van der Waals surface area contributed by atoms with Crippen molar-refractivity contribution in [2.45, 2.75) is 5.41 Å². The summed E-state index contributed by atoms with van der Waals surface area (Å²) in [7, 11) is 0. The van der Waals surface area contributed by atoms with E-state index >= 15 is 0 Å². The van der Waals surface area contributed by atoms with Crippen LogP contribution in [-0.2, 0) is 5.41 Å². The van der Waals surface area contributed by atoms with Crippen molar-refractivity contribution >= 4 is 27.8 Å². The highest BCUT2D eigenvalue weighted by molar-refractivity contribution is 6.01. The second-order valence-corrected chi connectivity index (χ2v) is 14.8. The van der Waals surface area contributed by atoms with E-state index in [9.17, 15) is 0 Å². The molecule has 1 aliphatic heterocycles. The summed E-state index contributed by atoms with van der Waals surface area (Å²) in [5, 5.41) is 2.31. The van der Waals surface area contributed by atoms with E-state index in [0.29, 0.717) is 17.2 Å². The lowest BCUT2D eigenvalue weighted by Crippen LogP contribution is -2.25. The van der Waals surface area contributed by atoms with Crippen LogP contribution in [0.25, 0.3) is 44.2 Å². The molecule has 9 aromatic rings. The van der Waals surface area contributed by atoms with Crippen molar-refractivity contribution < 1.29 is 9.47 Å². The Labute approximate surface area is 325 Å². The number of nitrogens with zero attached hydrogens (tertiary/aromatic N) is 1. The fraction of sp³-hybridized carbons (Fsp3) is 0.0189. The van der Waals surface area contributed by atoms with Gasteiger partial charge in [0.15, 0.2) is 23.0 Å². The Balaban J connectivity index is 1.07. The molecule has 3 aliphatic rings. The van der Waals surface area contributed by atoms with Crippen LogP contribution < -0.4 is 14.4 Å². The second-order valence-electron chi connectivity index (χ2n) is 14.8. The van der Waals surface area contributed by atoms with Gasteiger partial charge in [-0.2, -0.15) is 0 Å². The van der Waals surface area contributed by atoms with Gasteiger partial charge in [0.25, 0.3) is 0 Å². The van der Waals surface area contributed by atoms with Crippen LogP contribution in [0.2, 0.25) is 0 Å². The average Bonchev–Trinajstić information content (AvgIpc) is 3.74. The van der Waals surface area contributed by atoms with Gasteiger partial charge in [-0.05, 0) is 91.9 Å². The van der Waals surface area contributed by atoms with Gasteiger partial charge in [-0.1, -0.05) is 164 Å². The third-order valence-electron chi connectivity index (χ3n) is 11.9. The number of anilines is 3. The van der Waals surface area contributed by atoms with E-state index in [-0.39, 0.29) is 0 Å². The van der Waals surface area contributed by atoms with E-state index in [1.165, 1.54) is 44.3 Å². The number of hydrogen-bond donors (Lipinski definition) is 0. The van der Waals surface area contributed by atoms with Gasteiger partial charge in [0.2, 0.25) is 0 Å². The molecule has 0 fully saturated rings. The lowest BCUT2D eigenvalue weighted by molar-refractivity contribution is 0.361. The van der Waals surface area contributed by atoms with E-state index in [1.54, 1.807) is 0 Å². The van der Waals surface area contributed by atoms with Gasteiger partial charge in [0, 0.05) is 16.6 Å². The van der Waals surface area contributed by atoms with E-state index < -0.39 is 5.41 Å². The zero-order valence-electron chi connectivity index (χ0n) is 30.3. The van der Waals surface area contributed by atoms with E-state index in [0.717, 1.165) is 44.9 Å². The molecule has 0 radical (unpaired) electrons. The van der Waals surface area contributed by atoms with Gasteiger partial charge < -0.3 is 14.4 Å². The molecule has 1 heterocycles. The largest absolute Gasteiger partial charge is 0.449 e. The minimum absolute atomic E-state index is 0.479. The maximum atomic E-state index is 7.35. The highest BCUT2D eigenvalue weighted by atomic mass is 16.6. The molecule has 3 nitrogen and oxygen atoms in total. The summed E-state index contributed by atoms with van der Waals surface area (Å²) < 4.78 is 14.2. The Hall–Kier alpha value is -7.36. The zero-order valence-corrected chi connectivity index (χ0v) is 30.3. The Morgan fingerprint density at radius 3 is 1.70 bits per heavy atom. The molecule has 262 valence electrons. The van der Waals surface area contributed by atoms with Crippen molar-refractivity contribution in [1.29, 1.82) is 0 Å². The monoisotopic (exact) mass is 715 g/mol. The normalized spacial score (nSPS) is 13.4. The molecule has 1 spiro atoms. The first-order valence-corrected chi connectivity index (χ1v) is 19.2. The number of fused-ring (bicyclic) bond motifs is 14. The van der Waals surface area contributed by atoms with Crippen LogP contribution in [0.5, 0.6) is 23.0 Å². The Bertz CT molecular complexity index is 2990. The Morgan fingerprint density at radius 1 is 0.357 bits per heavy atom. The fourth-order valence-corrected chi connectivity index (χ4v) is 9.64. The van der Waals surface area contributed by atoms with Gasteiger partial charge in [-0.3, -0.25) is 0 Å². The molecule has 0 aromatic heterocycles. The Morgan fingerprint density at radius 2 is 0.929 bits per heavy atom. The molecule has 0 bridgehead atoms. The minimum atomic E-state index is -0.479. The highest BCUT2D eigenvalue weighted by Crippen LogP contribution is 2.67. The first kappa shape index (κ1) is 31.0. The molecule has 0 N–H and O–H groups in total. The van der Waals surface area contributed by atoms with Gasteiger partial charge in [0.1, 0.15) is 0 Å². The van der Waals surface area contributed by atoms with Crippen LogP contribution in [0.1, 0.15) is 22.3 Å². The summed E-state index contributed by atoms with van der Waals surface area (Å²) in [5.41, 5.74) is 14.7.